The number of pyridine rings is 1. The van der Waals surface area contributed by atoms with E-state index in [0.717, 1.165) is 38.5 Å². The van der Waals surface area contributed by atoms with Crippen molar-refractivity contribution >= 4 is 44.6 Å². The fourth-order valence-corrected chi connectivity index (χ4v) is 11.1. The molecule has 4 heterocycles. The van der Waals surface area contributed by atoms with Gasteiger partial charge in [0.1, 0.15) is 22.9 Å². The summed E-state index contributed by atoms with van der Waals surface area (Å²) in [7, 11) is -4.05. The van der Waals surface area contributed by atoms with Gasteiger partial charge in [-0.25, -0.2) is 13.4 Å². The Hall–Kier alpha value is -4.41. The van der Waals surface area contributed by atoms with Gasteiger partial charge in [0.05, 0.1) is 29.5 Å². The van der Waals surface area contributed by atoms with Gasteiger partial charge in [-0.1, -0.05) is 73.5 Å². The summed E-state index contributed by atoms with van der Waals surface area (Å²) < 4.78 is 89.5. The van der Waals surface area contributed by atoms with E-state index >= 15 is 0 Å². The molecule has 7 rings (SSSR count). The molecular formula is C51H75F3N4O9S. The molecule has 2 N–H and O–H groups in total. The van der Waals surface area contributed by atoms with Gasteiger partial charge in [-0.05, 0) is 120 Å². The van der Waals surface area contributed by atoms with Crippen molar-refractivity contribution in [2.24, 2.45) is 23.7 Å². The maximum atomic E-state index is 14.9. The van der Waals surface area contributed by atoms with Crippen LogP contribution < -0.4 is 19.5 Å². The van der Waals surface area contributed by atoms with Gasteiger partial charge in [0.25, 0.3) is 5.91 Å². The quantitative estimate of drug-likeness (QED) is 0.201. The van der Waals surface area contributed by atoms with E-state index < -0.39 is 67.3 Å². The van der Waals surface area contributed by atoms with Crippen LogP contribution >= 0.6 is 0 Å². The van der Waals surface area contributed by atoms with E-state index in [0.29, 0.717) is 66.7 Å². The summed E-state index contributed by atoms with van der Waals surface area (Å²) in [6.07, 6.45) is 6.34. The molecule has 1 saturated heterocycles. The average Bonchev–Trinajstić information content (AvgIpc) is 3.93. The highest BCUT2D eigenvalue weighted by atomic mass is 32.2. The Labute approximate surface area is 401 Å². The Morgan fingerprint density at radius 2 is 1.68 bits per heavy atom. The number of halogens is 3. The van der Waals surface area contributed by atoms with Crippen LogP contribution in [0.5, 0.6) is 11.5 Å². The lowest BCUT2D eigenvalue weighted by molar-refractivity contribution is -0.145. The highest BCUT2D eigenvalue weighted by molar-refractivity contribution is 7.91. The van der Waals surface area contributed by atoms with Crippen molar-refractivity contribution in [3.8, 4) is 11.5 Å². The molecule has 0 bridgehead atoms. The zero-order valence-electron chi connectivity index (χ0n) is 41.8. The number of hydrogen-bond acceptors (Lipinski definition) is 10. The SMILES string of the molecule is CC.CC(=O)OCC(C)C.CC1CC(C)CC(Oc2ccc3nc(C(F)(F)F)c4c(c3c2)CC[C@]2(CC3C(=O)N[C@@](C)(C(=O)NS(=O)(=O)C5(C)CC5)C/C=C\CCCCC[C@H](C)C(=O)N3C2)O4)C1. The summed E-state index contributed by atoms with van der Waals surface area (Å²) in [5.74, 6) is -1.09. The zero-order valence-corrected chi connectivity index (χ0v) is 42.6. The molecule has 17 heteroatoms. The molecule has 5 aliphatic rings. The molecule has 380 valence electrons. The van der Waals surface area contributed by atoms with Crippen LogP contribution in [0.25, 0.3) is 10.9 Å². The fraction of sp³-hybridized carbons (Fsp3) is 0.706. The van der Waals surface area contributed by atoms with E-state index in [4.69, 9.17) is 9.47 Å². The fourth-order valence-electron chi connectivity index (χ4n) is 9.74. The summed E-state index contributed by atoms with van der Waals surface area (Å²) in [5.41, 5.74) is -3.78. The normalized spacial score (nSPS) is 29.0. The minimum atomic E-state index is -4.87. The molecule has 3 aliphatic heterocycles. The monoisotopic (exact) mass is 977 g/mol. The number of ether oxygens (including phenoxy) is 3. The van der Waals surface area contributed by atoms with Gasteiger partial charge in [-0.15, -0.1) is 0 Å². The topological polar surface area (TPSA) is 170 Å². The summed E-state index contributed by atoms with van der Waals surface area (Å²) in [5, 5.41) is 3.28. The second kappa shape index (κ2) is 22.1. The molecule has 1 aromatic heterocycles. The standard InChI is InChI=1S/C43H57F3N4O7S.C6H12O2.C2H6/c1-26-20-27(2)22-30(21-26)56-29-13-14-33-32(23-29)31-15-17-42(57-35(31)36(47-33)43(44,45)46)24-34-37(51)48-41(5,39(53)49-58(54,55)40(4)18-19-40)16-11-9-7-6-8-10-12-28(3)38(52)50(34)25-42;1-5(2)4-8-6(3)7;1-2/h9,11,13-14,23,26-28,30,34H,6-8,10,12,15-22,24-25H2,1-5H3,(H,48,51)(H,49,53);5H,4H2,1-3H3;1-2H3/b11-9-;;/t26?,27?,28-,30?,34?,41+,42+;;/m0../s1. The number of fused-ring (bicyclic) bond motifs is 4. The lowest BCUT2D eigenvalue weighted by Gasteiger charge is -2.37. The number of nitrogens with one attached hydrogen (secondary N) is 2. The molecule has 1 aromatic carbocycles. The molecule has 3 amide bonds. The molecule has 6 atom stereocenters. The van der Waals surface area contributed by atoms with E-state index in [1.165, 1.54) is 18.7 Å². The lowest BCUT2D eigenvalue weighted by atomic mass is 9.82. The number of sulfonamides is 1. The number of allylic oxidation sites excluding steroid dienone is 1. The first kappa shape index (κ1) is 54.5. The average molecular weight is 977 g/mol. The predicted octanol–water partition coefficient (Wildman–Crippen LogP) is 9.77. The molecule has 0 radical (unpaired) electrons. The Kier molecular flexibility index (Phi) is 17.7. The minimum absolute atomic E-state index is 0.0147. The molecule has 3 fully saturated rings. The summed E-state index contributed by atoms with van der Waals surface area (Å²) in [4.78, 5) is 58.1. The highest BCUT2D eigenvalue weighted by Gasteiger charge is 2.56. The number of benzene rings is 1. The number of aromatic nitrogens is 1. The van der Waals surface area contributed by atoms with E-state index in [-0.39, 0.29) is 55.7 Å². The van der Waals surface area contributed by atoms with Crippen molar-refractivity contribution in [2.75, 3.05) is 13.2 Å². The molecule has 2 aliphatic carbocycles. The van der Waals surface area contributed by atoms with Gasteiger partial charge >= 0.3 is 12.1 Å². The molecule has 1 spiro atoms. The number of hydrogen-bond donors (Lipinski definition) is 2. The Balaban J connectivity index is 0.000000784. The van der Waals surface area contributed by atoms with Crippen LogP contribution in [0.4, 0.5) is 13.2 Å². The number of nitrogens with zero attached hydrogens (tertiary/aromatic N) is 2. The van der Waals surface area contributed by atoms with Gasteiger partial charge < -0.3 is 24.4 Å². The van der Waals surface area contributed by atoms with Gasteiger partial charge in [0, 0.05) is 30.2 Å². The van der Waals surface area contributed by atoms with Crippen molar-refractivity contribution < 1.29 is 55.0 Å². The first-order chi connectivity index (χ1) is 31.8. The second-order valence-electron chi connectivity index (χ2n) is 20.7. The Morgan fingerprint density at radius 3 is 2.28 bits per heavy atom. The summed E-state index contributed by atoms with van der Waals surface area (Å²) in [6.45, 7) is 19.0. The third-order valence-corrected chi connectivity index (χ3v) is 16.0. The first-order valence-electron chi connectivity index (χ1n) is 24.7. The van der Waals surface area contributed by atoms with Crippen molar-refractivity contribution in [3.63, 3.8) is 0 Å². The summed E-state index contributed by atoms with van der Waals surface area (Å²) >= 11 is 0. The van der Waals surface area contributed by atoms with Crippen molar-refractivity contribution in [2.45, 2.75) is 193 Å². The third-order valence-electron chi connectivity index (χ3n) is 13.8. The van der Waals surface area contributed by atoms with Crippen molar-refractivity contribution in [1.82, 2.24) is 19.9 Å². The third kappa shape index (κ3) is 13.3. The smallest absolute Gasteiger partial charge is 0.437 e. The van der Waals surface area contributed by atoms with Crippen molar-refractivity contribution in [3.05, 3.63) is 41.6 Å². The molecule has 2 saturated carbocycles. The molecule has 13 nitrogen and oxygen atoms in total. The van der Waals surface area contributed by atoms with E-state index in [1.54, 1.807) is 38.1 Å². The second-order valence-corrected chi connectivity index (χ2v) is 22.9. The van der Waals surface area contributed by atoms with Gasteiger partial charge in [-0.3, -0.25) is 23.9 Å². The largest absolute Gasteiger partial charge is 0.490 e. The number of esters is 1. The van der Waals surface area contributed by atoms with E-state index in [9.17, 15) is 40.8 Å². The molecule has 3 unspecified atom stereocenters. The number of carbonyl (C=O) groups excluding carboxylic acids is 4. The van der Waals surface area contributed by atoms with Crippen LogP contribution in [-0.2, 0) is 46.5 Å². The van der Waals surface area contributed by atoms with Crippen LogP contribution in [0.2, 0.25) is 0 Å². The van der Waals surface area contributed by atoms with Gasteiger partial charge in [-0.2, -0.15) is 13.2 Å². The maximum absolute atomic E-state index is 14.9. The Bertz CT molecular complexity index is 2270. The minimum Gasteiger partial charge on any atom is -0.490 e. The number of amides is 3. The van der Waals surface area contributed by atoms with Crippen LogP contribution in [0.1, 0.15) is 164 Å². The van der Waals surface area contributed by atoms with E-state index in [2.05, 4.69) is 33.6 Å². The van der Waals surface area contributed by atoms with Crippen LogP contribution in [0, 0.1) is 23.7 Å². The van der Waals surface area contributed by atoms with Crippen LogP contribution in [0.3, 0.4) is 0 Å². The number of alkyl halides is 3. The first-order valence-corrected chi connectivity index (χ1v) is 26.2. The highest BCUT2D eigenvalue weighted by Crippen LogP contribution is 2.49. The zero-order chi connectivity index (χ0) is 50.4. The van der Waals surface area contributed by atoms with Gasteiger partial charge in [0.15, 0.2) is 11.4 Å². The lowest BCUT2D eigenvalue weighted by Crippen LogP contribution is -2.61. The number of carbonyl (C=O) groups is 4. The maximum Gasteiger partial charge on any atom is 0.437 e. The van der Waals surface area contributed by atoms with Crippen LogP contribution in [-0.4, -0.2) is 83.2 Å². The molecule has 2 aromatic rings. The predicted molar refractivity (Wildman–Crippen MR) is 255 cm³/mol. The number of aryl methyl sites for hydroxylation is 1. The van der Waals surface area contributed by atoms with Gasteiger partial charge in [0.2, 0.25) is 21.8 Å². The van der Waals surface area contributed by atoms with Crippen molar-refractivity contribution in [1.29, 1.82) is 0 Å². The van der Waals surface area contributed by atoms with Crippen LogP contribution in [0.15, 0.2) is 30.4 Å². The summed E-state index contributed by atoms with van der Waals surface area (Å²) in [6, 6.07) is 3.75. The number of rotatable bonds is 7. The molecule has 68 heavy (non-hydrogen) atoms. The Morgan fingerprint density at radius 1 is 1.00 bits per heavy atom. The molecular weight excluding hydrogens is 902 g/mol. The van der Waals surface area contributed by atoms with E-state index in [1.807, 2.05) is 33.8 Å².